The standard InChI is InChI=1S/C15H17FN2O/c1-10-4-3-5-12(18-10)9-19-13-6-7-14(11(2)17)15(16)8-13/h3-8,11H,9,17H2,1-2H3/t11-/m0/s1. The molecule has 2 rings (SSSR count). The molecule has 1 aromatic carbocycles. The Hall–Kier alpha value is -1.94. The number of benzene rings is 1. The second-order valence-electron chi connectivity index (χ2n) is 4.53. The van der Waals surface area contributed by atoms with Crippen molar-refractivity contribution in [3.05, 3.63) is 59.2 Å². The number of nitrogens with zero attached hydrogens (tertiary/aromatic N) is 1. The maximum atomic E-state index is 13.7. The van der Waals surface area contributed by atoms with E-state index in [0.717, 1.165) is 11.4 Å². The molecule has 1 heterocycles. The Morgan fingerprint density at radius 2 is 2.11 bits per heavy atom. The minimum Gasteiger partial charge on any atom is -0.487 e. The summed E-state index contributed by atoms with van der Waals surface area (Å²) >= 11 is 0. The topological polar surface area (TPSA) is 48.1 Å². The van der Waals surface area contributed by atoms with Crippen molar-refractivity contribution >= 4 is 0 Å². The molecule has 1 aromatic heterocycles. The smallest absolute Gasteiger partial charge is 0.131 e. The molecule has 0 aliphatic rings. The van der Waals surface area contributed by atoms with Crippen molar-refractivity contribution in [2.24, 2.45) is 5.73 Å². The molecule has 2 N–H and O–H groups in total. The third kappa shape index (κ3) is 3.51. The Kier molecular flexibility index (Phi) is 4.12. The Morgan fingerprint density at radius 1 is 1.32 bits per heavy atom. The van der Waals surface area contributed by atoms with Gasteiger partial charge in [0.2, 0.25) is 0 Å². The van der Waals surface area contributed by atoms with Crippen molar-refractivity contribution < 1.29 is 9.13 Å². The molecule has 0 bridgehead atoms. The van der Waals surface area contributed by atoms with E-state index in [0.29, 0.717) is 17.9 Å². The highest BCUT2D eigenvalue weighted by Crippen LogP contribution is 2.21. The molecule has 0 saturated heterocycles. The average Bonchev–Trinajstić information content (AvgIpc) is 2.36. The van der Waals surface area contributed by atoms with Gasteiger partial charge >= 0.3 is 0 Å². The summed E-state index contributed by atoms with van der Waals surface area (Å²) < 4.78 is 19.2. The van der Waals surface area contributed by atoms with Gasteiger partial charge in [0.25, 0.3) is 0 Å². The van der Waals surface area contributed by atoms with Crippen LogP contribution < -0.4 is 10.5 Å². The van der Waals surface area contributed by atoms with Crippen LogP contribution in [-0.2, 0) is 6.61 Å². The Morgan fingerprint density at radius 3 is 2.74 bits per heavy atom. The third-order valence-corrected chi connectivity index (χ3v) is 2.80. The highest BCUT2D eigenvalue weighted by molar-refractivity contribution is 5.30. The SMILES string of the molecule is Cc1cccc(COc2ccc([C@H](C)N)c(F)c2)n1. The number of nitrogens with two attached hydrogens (primary N) is 1. The quantitative estimate of drug-likeness (QED) is 0.918. The Bertz CT molecular complexity index is 570. The van der Waals surface area contributed by atoms with Crippen LogP contribution in [0.15, 0.2) is 36.4 Å². The average molecular weight is 260 g/mol. The van der Waals surface area contributed by atoms with Gasteiger partial charge in [-0.3, -0.25) is 4.98 Å². The molecule has 2 aromatic rings. The molecule has 0 aliphatic heterocycles. The first-order valence-electron chi connectivity index (χ1n) is 6.16. The lowest BCUT2D eigenvalue weighted by Gasteiger charge is -2.10. The monoisotopic (exact) mass is 260 g/mol. The normalized spacial score (nSPS) is 12.2. The molecule has 3 nitrogen and oxygen atoms in total. The fourth-order valence-electron chi connectivity index (χ4n) is 1.80. The van der Waals surface area contributed by atoms with Gasteiger partial charge in [-0.2, -0.15) is 0 Å². The van der Waals surface area contributed by atoms with Gasteiger partial charge in [-0.1, -0.05) is 12.1 Å². The van der Waals surface area contributed by atoms with Gasteiger partial charge in [0.1, 0.15) is 18.2 Å². The van der Waals surface area contributed by atoms with Crippen LogP contribution in [-0.4, -0.2) is 4.98 Å². The maximum absolute atomic E-state index is 13.7. The van der Waals surface area contributed by atoms with Crippen molar-refractivity contribution in [2.75, 3.05) is 0 Å². The Labute approximate surface area is 112 Å². The molecule has 0 unspecified atom stereocenters. The molecule has 0 radical (unpaired) electrons. The summed E-state index contributed by atoms with van der Waals surface area (Å²) in [6.45, 7) is 3.98. The number of rotatable bonds is 4. The fraction of sp³-hybridized carbons (Fsp3) is 0.267. The minimum atomic E-state index is -0.343. The third-order valence-electron chi connectivity index (χ3n) is 2.80. The number of aryl methyl sites for hydroxylation is 1. The summed E-state index contributed by atoms with van der Waals surface area (Å²) in [7, 11) is 0. The molecule has 0 amide bonds. The van der Waals surface area contributed by atoms with Crippen molar-refractivity contribution in [2.45, 2.75) is 26.5 Å². The van der Waals surface area contributed by atoms with Crippen LogP contribution in [0.3, 0.4) is 0 Å². The van der Waals surface area contributed by atoms with E-state index in [4.69, 9.17) is 10.5 Å². The molecule has 0 spiro atoms. The highest BCUT2D eigenvalue weighted by atomic mass is 19.1. The van der Waals surface area contributed by atoms with Crippen LogP contribution in [0.5, 0.6) is 5.75 Å². The summed E-state index contributed by atoms with van der Waals surface area (Å²) in [5.74, 6) is 0.134. The molecule has 0 fully saturated rings. The first-order chi connectivity index (χ1) is 9.06. The van der Waals surface area contributed by atoms with Gasteiger partial charge in [-0.15, -0.1) is 0 Å². The molecule has 19 heavy (non-hydrogen) atoms. The molecule has 100 valence electrons. The molecule has 1 atom stereocenters. The number of hydrogen-bond acceptors (Lipinski definition) is 3. The zero-order valence-electron chi connectivity index (χ0n) is 11.1. The van der Waals surface area contributed by atoms with E-state index in [1.54, 1.807) is 19.1 Å². The van der Waals surface area contributed by atoms with Crippen LogP contribution in [0, 0.1) is 12.7 Å². The molecule has 4 heteroatoms. The molecular weight excluding hydrogens is 243 g/mol. The van der Waals surface area contributed by atoms with Crippen LogP contribution in [0.4, 0.5) is 4.39 Å². The van der Waals surface area contributed by atoms with E-state index >= 15 is 0 Å². The Balaban J connectivity index is 2.06. The van der Waals surface area contributed by atoms with Crippen molar-refractivity contribution in [3.63, 3.8) is 0 Å². The highest BCUT2D eigenvalue weighted by Gasteiger charge is 2.08. The summed E-state index contributed by atoms with van der Waals surface area (Å²) in [6, 6.07) is 10.1. The molecular formula is C15H17FN2O. The second kappa shape index (κ2) is 5.80. The largest absolute Gasteiger partial charge is 0.487 e. The predicted molar refractivity (Wildman–Crippen MR) is 72.3 cm³/mol. The molecule has 0 aliphatic carbocycles. The van der Waals surface area contributed by atoms with E-state index < -0.39 is 0 Å². The van der Waals surface area contributed by atoms with Gasteiger partial charge < -0.3 is 10.5 Å². The van der Waals surface area contributed by atoms with Gasteiger partial charge in [-0.25, -0.2) is 4.39 Å². The number of hydrogen-bond donors (Lipinski definition) is 1. The van der Waals surface area contributed by atoms with Crippen LogP contribution in [0.25, 0.3) is 0 Å². The van der Waals surface area contributed by atoms with Gasteiger partial charge in [0, 0.05) is 23.4 Å². The van der Waals surface area contributed by atoms with Crippen LogP contribution in [0.1, 0.15) is 29.9 Å². The van der Waals surface area contributed by atoms with Crippen LogP contribution in [0.2, 0.25) is 0 Å². The minimum absolute atomic E-state index is 0.318. The van der Waals surface area contributed by atoms with E-state index in [1.807, 2.05) is 25.1 Å². The maximum Gasteiger partial charge on any atom is 0.131 e. The van der Waals surface area contributed by atoms with E-state index in [9.17, 15) is 4.39 Å². The fourth-order valence-corrected chi connectivity index (χ4v) is 1.80. The lowest BCUT2D eigenvalue weighted by molar-refractivity contribution is 0.299. The van der Waals surface area contributed by atoms with E-state index in [1.165, 1.54) is 6.07 Å². The van der Waals surface area contributed by atoms with Crippen LogP contribution >= 0.6 is 0 Å². The predicted octanol–water partition coefficient (Wildman–Crippen LogP) is 3.13. The lowest BCUT2D eigenvalue weighted by atomic mass is 10.1. The number of pyridine rings is 1. The summed E-state index contributed by atoms with van der Waals surface area (Å²) in [5, 5.41) is 0. The first kappa shape index (κ1) is 13.5. The zero-order valence-corrected chi connectivity index (χ0v) is 11.1. The van der Waals surface area contributed by atoms with Gasteiger partial charge in [-0.05, 0) is 32.0 Å². The summed E-state index contributed by atoms with van der Waals surface area (Å²) in [5.41, 5.74) is 7.89. The van der Waals surface area contributed by atoms with E-state index in [-0.39, 0.29) is 11.9 Å². The summed E-state index contributed by atoms with van der Waals surface area (Å²) in [4.78, 5) is 4.32. The van der Waals surface area contributed by atoms with Crippen molar-refractivity contribution in [1.82, 2.24) is 4.98 Å². The second-order valence-corrected chi connectivity index (χ2v) is 4.53. The van der Waals surface area contributed by atoms with Crippen molar-refractivity contribution in [3.8, 4) is 5.75 Å². The van der Waals surface area contributed by atoms with Gasteiger partial charge in [0.05, 0.1) is 5.69 Å². The van der Waals surface area contributed by atoms with Gasteiger partial charge in [0.15, 0.2) is 0 Å². The van der Waals surface area contributed by atoms with E-state index in [2.05, 4.69) is 4.98 Å². The first-order valence-corrected chi connectivity index (χ1v) is 6.16. The summed E-state index contributed by atoms with van der Waals surface area (Å²) in [6.07, 6.45) is 0. The van der Waals surface area contributed by atoms with Crippen molar-refractivity contribution in [1.29, 1.82) is 0 Å². The number of ether oxygens (including phenoxy) is 1. The number of halogens is 1. The molecule has 0 saturated carbocycles. The zero-order chi connectivity index (χ0) is 13.8. The lowest BCUT2D eigenvalue weighted by Crippen LogP contribution is -2.07. The number of aromatic nitrogens is 1.